The number of rotatable bonds is 6. The molecule has 1 amide bonds. The van der Waals surface area contributed by atoms with Gasteiger partial charge >= 0.3 is 0 Å². The van der Waals surface area contributed by atoms with Crippen molar-refractivity contribution in [1.29, 1.82) is 0 Å². The van der Waals surface area contributed by atoms with Gasteiger partial charge in [-0.05, 0) is 24.6 Å². The highest BCUT2D eigenvalue weighted by Gasteiger charge is 2.46. The summed E-state index contributed by atoms with van der Waals surface area (Å²) in [6.45, 7) is 2.16. The topological polar surface area (TPSA) is 101 Å². The predicted octanol–water partition coefficient (Wildman–Crippen LogP) is 3.96. The summed E-state index contributed by atoms with van der Waals surface area (Å²) in [5.74, 6) is -2.82. The van der Waals surface area contributed by atoms with Crippen molar-refractivity contribution in [2.75, 3.05) is 6.54 Å². The summed E-state index contributed by atoms with van der Waals surface area (Å²) in [4.78, 5) is 36.8. The summed E-state index contributed by atoms with van der Waals surface area (Å²) < 4.78 is 14.5. The number of halogens is 1. The van der Waals surface area contributed by atoms with Crippen LogP contribution in [0.25, 0.3) is 5.76 Å². The van der Waals surface area contributed by atoms with E-state index in [1.165, 1.54) is 47.4 Å². The van der Waals surface area contributed by atoms with Crippen molar-refractivity contribution in [2.24, 2.45) is 0 Å². The lowest BCUT2D eigenvalue weighted by molar-refractivity contribution is -0.384. The van der Waals surface area contributed by atoms with Crippen molar-refractivity contribution in [1.82, 2.24) is 4.90 Å². The molecule has 2 aromatic carbocycles. The van der Waals surface area contributed by atoms with Crippen molar-refractivity contribution in [3.05, 3.63) is 81.2 Å². The van der Waals surface area contributed by atoms with Gasteiger partial charge in [0.1, 0.15) is 11.6 Å². The molecule has 29 heavy (non-hydrogen) atoms. The second-order valence-electron chi connectivity index (χ2n) is 6.67. The van der Waals surface area contributed by atoms with Crippen molar-refractivity contribution in [3.63, 3.8) is 0 Å². The minimum Gasteiger partial charge on any atom is -0.507 e. The number of ketones is 1. The standard InChI is InChI=1S/C21H19FN2O5/c1-2-3-12-23-18(15-6-4-5-7-16(15)22)17(20(26)21(23)27)19(25)13-8-10-14(11-9-13)24(28)29/h4-11,18,25H,2-3,12H2,1H3. The van der Waals surface area contributed by atoms with E-state index in [9.17, 15) is 29.2 Å². The Balaban J connectivity index is 2.16. The van der Waals surface area contributed by atoms with Gasteiger partial charge in [0.25, 0.3) is 17.4 Å². The number of aliphatic hydroxyl groups is 1. The van der Waals surface area contributed by atoms with Gasteiger partial charge in [0.15, 0.2) is 0 Å². The highest BCUT2D eigenvalue weighted by atomic mass is 19.1. The Morgan fingerprint density at radius 3 is 2.41 bits per heavy atom. The van der Waals surface area contributed by atoms with Gasteiger partial charge in [0, 0.05) is 29.8 Å². The third-order valence-electron chi connectivity index (χ3n) is 4.84. The molecule has 3 rings (SSSR count). The number of benzene rings is 2. The minimum atomic E-state index is -1.07. The highest BCUT2D eigenvalue weighted by molar-refractivity contribution is 6.46. The second-order valence-corrected chi connectivity index (χ2v) is 6.67. The quantitative estimate of drug-likeness (QED) is 0.261. The molecule has 1 aliphatic rings. The van der Waals surface area contributed by atoms with Gasteiger partial charge < -0.3 is 10.0 Å². The second kappa shape index (κ2) is 8.22. The molecule has 1 aliphatic heterocycles. The normalized spacial score (nSPS) is 18.3. The Labute approximate surface area is 166 Å². The maximum atomic E-state index is 14.5. The number of carbonyl (C=O) groups excluding carboxylic acids is 2. The van der Waals surface area contributed by atoms with Gasteiger partial charge in [-0.2, -0.15) is 0 Å². The lowest BCUT2D eigenvalue weighted by atomic mass is 9.95. The van der Waals surface area contributed by atoms with Crippen LogP contribution in [0.2, 0.25) is 0 Å². The first-order valence-electron chi connectivity index (χ1n) is 9.14. The van der Waals surface area contributed by atoms with Crippen molar-refractivity contribution < 1.29 is 24.0 Å². The fourth-order valence-electron chi connectivity index (χ4n) is 3.36. The van der Waals surface area contributed by atoms with E-state index in [4.69, 9.17) is 0 Å². The van der Waals surface area contributed by atoms with Crippen LogP contribution in [0.5, 0.6) is 0 Å². The van der Waals surface area contributed by atoms with Gasteiger partial charge in [-0.25, -0.2) is 4.39 Å². The summed E-state index contributed by atoms with van der Waals surface area (Å²) >= 11 is 0. The molecule has 0 spiro atoms. The van der Waals surface area contributed by atoms with Crippen LogP contribution in [0.15, 0.2) is 54.1 Å². The first-order valence-corrected chi connectivity index (χ1v) is 9.14. The van der Waals surface area contributed by atoms with E-state index in [2.05, 4.69) is 0 Å². The number of hydrogen-bond donors (Lipinski definition) is 1. The molecule has 150 valence electrons. The lowest BCUT2D eigenvalue weighted by Crippen LogP contribution is -2.31. The van der Waals surface area contributed by atoms with E-state index in [0.29, 0.717) is 6.42 Å². The van der Waals surface area contributed by atoms with Gasteiger partial charge in [-0.1, -0.05) is 31.5 Å². The fourth-order valence-corrected chi connectivity index (χ4v) is 3.36. The van der Waals surface area contributed by atoms with Gasteiger partial charge in [-0.3, -0.25) is 19.7 Å². The molecule has 0 aromatic heterocycles. The smallest absolute Gasteiger partial charge is 0.295 e. The van der Waals surface area contributed by atoms with Gasteiger partial charge in [-0.15, -0.1) is 0 Å². The molecular formula is C21H19FN2O5. The van der Waals surface area contributed by atoms with Crippen molar-refractivity contribution in [2.45, 2.75) is 25.8 Å². The lowest BCUT2D eigenvalue weighted by Gasteiger charge is -2.25. The van der Waals surface area contributed by atoms with Crippen LogP contribution in [0, 0.1) is 15.9 Å². The van der Waals surface area contributed by atoms with Crippen LogP contribution in [0.3, 0.4) is 0 Å². The molecule has 2 aromatic rings. The summed E-state index contributed by atoms with van der Waals surface area (Å²) in [6.07, 6.45) is 1.37. The monoisotopic (exact) mass is 398 g/mol. The van der Waals surface area contributed by atoms with Crippen LogP contribution >= 0.6 is 0 Å². The zero-order valence-electron chi connectivity index (χ0n) is 15.7. The molecule has 1 N–H and O–H groups in total. The predicted molar refractivity (Wildman–Crippen MR) is 103 cm³/mol. The number of likely N-dealkylation sites (tertiary alicyclic amines) is 1. The number of unbranched alkanes of at least 4 members (excludes halogenated alkanes) is 1. The number of aliphatic hydroxyl groups excluding tert-OH is 1. The average molecular weight is 398 g/mol. The Kier molecular flexibility index (Phi) is 5.72. The minimum absolute atomic E-state index is 0.103. The van der Waals surface area contributed by atoms with E-state index in [-0.39, 0.29) is 28.9 Å². The molecule has 1 unspecified atom stereocenters. The summed E-state index contributed by atoms with van der Waals surface area (Å²) in [5.41, 5.74) is -0.183. The summed E-state index contributed by atoms with van der Waals surface area (Å²) in [7, 11) is 0. The van der Waals surface area contributed by atoms with Gasteiger partial charge in [0.2, 0.25) is 0 Å². The molecule has 1 fully saturated rings. The van der Waals surface area contributed by atoms with Crippen LogP contribution in [-0.2, 0) is 9.59 Å². The number of hydrogen-bond acceptors (Lipinski definition) is 5. The number of Topliss-reactive ketones (excluding diaryl/α,β-unsaturated/α-hetero) is 1. The van der Waals surface area contributed by atoms with Gasteiger partial charge in [0.05, 0.1) is 16.5 Å². The molecule has 1 heterocycles. The van der Waals surface area contributed by atoms with Crippen LogP contribution in [0.1, 0.15) is 36.9 Å². The van der Waals surface area contributed by atoms with E-state index in [1.54, 1.807) is 6.07 Å². The number of nitro groups is 1. The summed E-state index contributed by atoms with van der Waals surface area (Å²) in [6, 6.07) is 9.63. The maximum Gasteiger partial charge on any atom is 0.295 e. The van der Waals surface area contributed by atoms with E-state index >= 15 is 0 Å². The summed E-state index contributed by atoms with van der Waals surface area (Å²) in [5, 5.41) is 21.6. The number of amides is 1. The SMILES string of the molecule is CCCCN1C(=O)C(=O)C(=C(O)c2ccc([N+](=O)[O-])cc2)C1c1ccccc1F. The maximum absolute atomic E-state index is 14.5. The molecule has 0 aliphatic carbocycles. The molecule has 0 saturated carbocycles. The number of nitro benzene ring substituents is 1. The third kappa shape index (κ3) is 3.73. The Morgan fingerprint density at radius 2 is 1.83 bits per heavy atom. The molecular weight excluding hydrogens is 379 g/mol. The molecule has 7 nitrogen and oxygen atoms in total. The van der Waals surface area contributed by atoms with E-state index in [0.717, 1.165) is 6.42 Å². The molecule has 1 atom stereocenters. The molecule has 0 bridgehead atoms. The van der Waals surface area contributed by atoms with Crippen molar-refractivity contribution in [3.8, 4) is 0 Å². The zero-order chi connectivity index (χ0) is 21.1. The first-order chi connectivity index (χ1) is 13.9. The fraction of sp³-hybridized carbons (Fsp3) is 0.238. The van der Waals surface area contributed by atoms with Crippen LogP contribution in [0.4, 0.5) is 10.1 Å². The Morgan fingerprint density at radius 1 is 1.17 bits per heavy atom. The van der Waals surface area contributed by atoms with E-state index < -0.39 is 34.2 Å². The number of carbonyl (C=O) groups is 2. The number of nitrogens with zero attached hydrogens (tertiary/aromatic N) is 2. The Bertz CT molecular complexity index is 1000. The van der Waals surface area contributed by atoms with Crippen LogP contribution in [-0.4, -0.2) is 33.2 Å². The Hall–Kier alpha value is -3.55. The largest absolute Gasteiger partial charge is 0.507 e. The third-order valence-corrected chi connectivity index (χ3v) is 4.84. The number of non-ortho nitro benzene ring substituents is 1. The van der Waals surface area contributed by atoms with E-state index in [1.807, 2.05) is 6.92 Å². The average Bonchev–Trinajstić information content (AvgIpc) is 2.96. The van der Waals surface area contributed by atoms with Crippen LogP contribution < -0.4 is 0 Å². The molecule has 8 heteroatoms. The first kappa shape index (κ1) is 20.2. The molecule has 1 saturated heterocycles. The van der Waals surface area contributed by atoms with Crippen molar-refractivity contribution >= 4 is 23.1 Å². The molecule has 0 radical (unpaired) electrons. The highest BCUT2D eigenvalue weighted by Crippen LogP contribution is 2.40. The zero-order valence-corrected chi connectivity index (χ0v) is 15.7.